The average molecular weight is 334 g/mol. The number of nitrogens with zero attached hydrogens (tertiary/aromatic N) is 1. The number of rotatable bonds is 4. The van der Waals surface area contributed by atoms with Crippen LogP contribution in [-0.4, -0.2) is 25.4 Å². The van der Waals surface area contributed by atoms with Crippen LogP contribution in [0, 0.1) is 10.1 Å². The Morgan fingerprint density at radius 3 is 2.62 bits per heavy atom. The van der Waals surface area contributed by atoms with Crippen LogP contribution < -0.4 is 10.5 Å². The first-order valence-corrected chi connectivity index (χ1v) is 8.39. The van der Waals surface area contributed by atoms with E-state index in [0.29, 0.717) is 6.42 Å². The minimum Gasteiger partial charge on any atom is -0.326 e. The monoisotopic (exact) mass is 333 g/mol. The summed E-state index contributed by atoms with van der Waals surface area (Å²) in [5.41, 5.74) is 5.36. The van der Waals surface area contributed by atoms with E-state index in [1.165, 1.54) is 6.07 Å². The normalized spacial score (nSPS) is 23.0. The Bertz CT molecular complexity index is 650. The van der Waals surface area contributed by atoms with Crippen LogP contribution in [0.15, 0.2) is 23.1 Å². The second-order valence-corrected chi connectivity index (χ2v) is 7.16. The van der Waals surface area contributed by atoms with Gasteiger partial charge in [-0.3, -0.25) is 10.1 Å². The molecular formula is C12H16ClN3O4S. The van der Waals surface area contributed by atoms with Gasteiger partial charge in [0.25, 0.3) is 5.69 Å². The van der Waals surface area contributed by atoms with E-state index in [0.717, 1.165) is 31.4 Å². The third-order valence-electron chi connectivity index (χ3n) is 3.53. The molecule has 0 bridgehead atoms. The van der Waals surface area contributed by atoms with Crippen molar-refractivity contribution < 1.29 is 13.3 Å². The van der Waals surface area contributed by atoms with Gasteiger partial charge in [-0.15, -0.1) is 0 Å². The average Bonchev–Trinajstić information content (AvgIpc) is 2.40. The van der Waals surface area contributed by atoms with E-state index in [1.807, 2.05) is 0 Å². The topological polar surface area (TPSA) is 115 Å². The predicted molar refractivity (Wildman–Crippen MR) is 78.7 cm³/mol. The molecule has 1 aliphatic rings. The molecule has 0 aliphatic heterocycles. The number of nitro benzene ring substituents is 1. The van der Waals surface area contributed by atoms with E-state index in [1.54, 1.807) is 0 Å². The van der Waals surface area contributed by atoms with E-state index in [9.17, 15) is 18.5 Å². The van der Waals surface area contributed by atoms with Crippen molar-refractivity contribution in [3.05, 3.63) is 33.3 Å². The molecule has 116 valence electrons. The lowest BCUT2D eigenvalue weighted by Gasteiger charge is -2.28. The quantitative estimate of drug-likeness (QED) is 0.643. The molecule has 2 rings (SSSR count). The van der Waals surface area contributed by atoms with Crippen molar-refractivity contribution in [1.82, 2.24) is 4.72 Å². The maximum absolute atomic E-state index is 12.4. The summed E-state index contributed by atoms with van der Waals surface area (Å²) in [4.78, 5) is 9.85. The Kier molecular flexibility index (Phi) is 4.82. The molecule has 1 saturated carbocycles. The Morgan fingerprint density at radius 1 is 1.33 bits per heavy atom. The molecule has 0 spiro atoms. The second-order valence-electron chi connectivity index (χ2n) is 5.05. The van der Waals surface area contributed by atoms with E-state index in [-0.39, 0.29) is 11.1 Å². The van der Waals surface area contributed by atoms with Crippen molar-refractivity contribution in [3.63, 3.8) is 0 Å². The van der Waals surface area contributed by atoms with Gasteiger partial charge in [0.15, 0.2) is 4.90 Å². The van der Waals surface area contributed by atoms with Crippen LogP contribution in [0.5, 0.6) is 0 Å². The highest BCUT2D eigenvalue weighted by atomic mass is 35.5. The molecule has 1 aromatic carbocycles. The number of halogens is 1. The molecule has 3 N–H and O–H groups in total. The van der Waals surface area contributed by atoms with Crippen LogP contribution in [0.25, 0.3) is 0 Å². The highest BCUT2D eigenvalue weighted by Crippen LogP contribution is 2.28. The zero-order valence-electron chi connectivity index (χ0n) is 11.2. The first-order valence-electron chi connectivity index (χ1n) is 6.53. The van der Waals surface area contributed by atoms with Crippen LogP contribution in [0.4, 0.5) is 5.69 Å². The number of nitrogens with two attached hydrogens (primary N) is 1. The molecule has 21 heavy (non-hydrogen) atoms. The number of hydrogen-bond acceptors (Lipinski definition) is 5. The van der Waals surface area contributed by atoms with Crippen LogP contribution >= 0.6 is 11.6 Å². The van der Waals surface area contributed by atoms with Gasteiger partial charge in [-0.05, 0) is 25.0 Å². The zero-order valence-corrected chi connectivity index (χ0v) is 12.7. The summed E-state index contributed by atoms with van der Waals surface area (Å²) < 4.78 is 27.2. The first kappa shape index (κ1) is 16.2. The van der Waals surface area contributed by atoms with Gasteiger partial charge in [-0.25, -0.2) is 13.1 Å². The lowest BCUT2D eigenvalue weighted by Crippen LogP contribution is -2.49. The van der Waals surface area contributed by atoms with Gasteiger partial charge < -0.3 is 5.73 Å². The van der Waals surface area contributed by atoms with Crippen LogP contribution in [-0.2, 0) is 10.0 Å². The van der Waals surface area contributed by atoms with Crippen molar-refractivity contribution in [3.8, 4) is 0 Å². The number of benzene rings is 1. The molecule has 0 radical (unpaired) electrons. The summed E-state index contributed by atoms with van der Waals surface area (Å²) >= 11 is 5.69. The molecule has 2 atom stereocenters. The number of hydrogen-bond donors (Lipinski definition) is 2. The van der Waals surface area contributed by atoms with Crippen molar-refractivity contribution in [2.75, 3.05) is 0 Å². The largest absolute Gasteiger partial charge is 0.326 e. The minimum atomic E-state index is -4.02. The van der Waals surface area contributed by atoms with Crippen molar-refractivity contribution in [2.24, 2.45) is 5.73 Å². The molecule has 1 aliphatic carbocycles. The second kappa shape index (κ2) is 6.27. The third kappa shape index (κ3) is 3.70. The summed E-state index contributed by atoms with van der Waals surface area (Å²) in [6.07, 6.45) is 3.20. The maximum atomic E-state index is 12.4. The lowest BCUT2D eigenvalue weighted by molar-refractivity contribution is -0.387. The smallest absolute Gasteiger partial charge is 0.290 e. The van der Waals surface area contributed by atoms with E-state index < -0.39 is 31.6 Å². The fourth-order valence-electron chi connectivity index (χ4n) is 2.43. The number of nitrogens with one attached hydrogen (secondary N) is 1. The fourth-order valence-corrected chi connectivity index (χ4v) is 4.07. The molecule has 7 nitrogen and oxygen atoms in total. The van der Waals surface area contributed by atoms with E-state index >= 15 is 0 Å². The zero-order chi connectivity index (χ0) is 15.6. The maximum Gasteiger partial charge on any atom is 0.290 e. The van der Waals surface area contributed by atoms with Crippen LogP contribution in [0.1, 0.15) is 25.7 Å². The summed E-state index contributed by atoms with van der Waals surface area (Å²) in [6.45, 7) is 0. The highest BCUT2D eigenvalue weighted by Gasteiger charge is 2.31. The molecule has 9 heteroatoms. The van der Waals surface area contributed by atoms with E-state index in [2.05, 4.69) is 4.72 Å². The molecule has 2 unspecified atom stereocenters. The van der Waals surface area contributed by atoms with Crippen molar-refractivity contribution in [1.29, 1.82) is 0 Å². The summed E-state index contributed by atoms with van der Waals surface area (Å²) in [7, 11) is -4.02. The molecule has 0 amide bonds. The standard InChI is InChI=1S/C12H16ClN3O4S/c13-8-5-6-12(11(7-8)16(17)18)21(19,20)15-10-4-2-1-3-9(10)14/h5-7,9-10,15H,1-4,14H2. The minimum absolute atomic E-state index is 0.106. The molecule has 1 fully saturated rings. The summed E-state index contributed by atoms with van der Waals surface area (Å²) in [6, 6.07) is 2.79. The number of sulfonamides is 1. The Balaban J connectivity index is 2.33. The van der Waals surface area contributed by atoms with Crippen LogP contribution in [0.3, 0.4) is 0 Å². The van der Waals surface area contributed by atoms with Crippen LogP contribution in [0.2, 0.25) is 5.02 Å². The summed E-state index contributed by atoms with van der Waals surface area (Å²) in [5, 5.41) is 11.1. The molecule has 1 aromatic rings. The van der Waals surface area contributed by atoms with Gasteiger partial charge in [0.2, 0.25) is 10.0 Å². The van der Waals surface area contributed by atoms with Crippen molar-refractivity contribution >= 4 is 27.3 Å². The van der Waals surface area contributed by atoms with E-state index in [4.69, 9.17) is 17.3 Å². The van der Waals surface area contributed by atoms with Gasteiger partial charge in [-0.2, -0.15) is 0 Å². The molecule has 0 saturated heterocycles. The SMILES string of the molecule is NC1CCCCC1NS(=O)(=O)c1ccc(Cl)cc1[N+](=O)[O-]. The van der Waals surface area contributed by atoms with Crippen molar-refractivity contribution in [2.45, 2.75) is 42.7 Å². The molecule has 0 heterocycles. The highest BCUT2D eigenvalue weighted by molar-refractivity contribution is 7.89. The third-order valence-corrected chi connectivity index (χ3v) is 5.31. The number of nitro groups is 1. The Hall–Kier alpha value is -1.22. The van der Waals surface area contributed by atoms with Gasteiger partial charge in [0.1, 0.15) is 0 Å². The van der Waals surface area contributed by atoms with Gasteiger partial charge in [0.05, 0.1) is 4.92 Å². The lowest BCUT2D eigenvalue weighted by atomic mass is 9.92. The van der Waals surface area contributed by atoms with Gasteiger partial charge in [-0.1, -0.05) is 24.4 Å². The Labute approximate surface area is 127 Å². The van der Waals surface area contributed by atoms with Gasteiger partial charge >= 0.3 is 0 Å². The predicted octanol–water partition coefficient (Wildman–Crippen LogP) is 1.80. The molecule has 0 aromatic heterocycles. The Morgan fingerprint density at radius 2 is 2.00 bits per heavy atom. The van der Waals surface area contributed by atoms with Gasteiger partial charge in [0, 0.05) is 23.2 Å². The summed E-state index contributed by atoms with van der Waals surface area (Å²) in [5.74, 6) is 0. The fraction of sp³-hybridized carbons (Fsp3) is 0.500. The first-order chi connectivity index (χ1) is 9.81. The molecular weight excluding hydrogens is 318 g/mol.